The third-order valence-electron chi connectivity index (χ3n) is 5.96. The van der Waals surface area contributed by atoms with Gasteiger partial charge in [0.2, 0.25) is 0 Å². The SMILES string of the molecule is C=C/C=C(\C(N)C[C@H](C)O[C@H](C)CN)n1cc(C)c2c(-c3ccc(OC(F)(F)F)cc3)cccc2c1=O. The molecule has 4 N–H and O–H groups in total. The summed E-state index contributed by atoms with van der Waals surface area (Å²) in [4.78, 5) is 13.6. The zero-order valence-corrected chi connectivity index (χ0v) is 21.1. The molecule has 0 aliphatic rings. The maximum absolute atomic E-state index is 13.6. The maximum Gasteiger partial charge on any atom is 0.573 e. The molecule has 1 unspecified atom stereocenters. The van der Waals surface area contributed by atoms with E-state index < -0.39 is 12.4 Å². The summed E-state index contributed by atoms with van der Waals surface area (Å²) in [5.41, 5.74) is 14.6. The molecule has 0 saturated carbocycles. The van der Waals surface area contributed by atoms with Crippen molar-refractivity contribution < 1.29 is 22.6 Å². The van der Waals surface area contributed by atoms with E-state index in [9.17, 15) is 18.0 Å². The number of rotatable bonds is 10. The minimum Gasteiger partial charge on any atom is -0.406 e. The van der Waals surface area contributed by atoms with E-state index in [-0.39, 0.29) is 23.5 Å². The van der Waals surface area contributed by atoms with Crippen LogP contribution in [0.4, 0.5) is 13.2 Å². The molecule has 0 aliphatic heterocycles. The Morgan fingerprint density at radius 3 is 2.41 bits per heavy atom. The molecule has 3 aromatic rings. The Bertz CT molecular complexity index is 1330. The molecule has 0 spiro atoms. The predicted octanol–water partition coefficient (Wildman–Crippen LogP) is 5.37. The number of nitrogens with zero attached hydrogens (tertiary/aromatic N) is 1. The fourth-order valence-electron chi connectivity index (χ4n) is 4.36. The first-order valence-corrected chi connectivity index (χ1v) is 11.9. The number of aromatic nitrogens is 1. The van der Waals surface area contributed by atoms with Crippen LogP contribution in [0.3, 0.4) is 0 Å². The van der Waals surface area contributed by atoms with Crippen molar-refractivity contribution in [2.75, 3.05) is 6.54 Å². The van der Waals surface area contributed by atoms with Crippen molar-refractivity contribution in [3.05, 3.63) is 83.3 Å². The van der Waals surface area contributed by atoms with Crippen LogP contribution in [0, 0.1) is 6.92 Å². The number of aryl methyl sites for hydroxylation is 1. The number of hydrogen-bond acceptors (Lipinski definition) is 5. The smallest absolute Gasteiger partial charge is 0.406 e. The summed E-state index contributed by atoms with van der Waals surface area (Å²) in [5, 5.41) is 1.16. The highest BCUT2D eigenvalue weighted by Gasteiger charge is 2.31. The van der Waals surface area contributed by atoms with Crippen LogP contribution in [0.1, 0.15) is 25.8 Å². The number of pyridine rings is 1. The van der Waals surface area contributed by atoms with Crippen LogP contribution in [0.2, 0.25) is 0 Å². The van der Waals surface area contributed by atoms with Crippen LogP contribution < -0.4 is 21.8 Å². The highest BCUT2D eigenvalue weighted by atomic mass is 19.4. The molecule has 37 heavy (non-hydrogen) atoms. The number of nitrogens with two attached hydrogens (primary N) is 2. The minimum absolute atomic E-state index is 0.118. The molecule has 3 atom stereocenters. The molecule has 0 saturated heterocycles. The predicted molar refractivity (Wildman–Crippen MR) is 141 cm³/mol. The lowest BCUT2D eigenvalue weighted by Crippen LogP contribution is -2.35. The molecule has 198 valence electrons. The van der Waals surface area contributed by atoms with Gasteiger partial charge in [0.1, 0.15) is 5.75 Å². The topological polar surface area (TPSA) is 92.5 Å². The fraction of sp³-hybridized carbons (Fsp3) is 0.321. The van der Waals surface area contributed by atoms with Crippen LogP contribution in [-0.4, -0.2) is 35.7 Å². The number of halogens is 3. The number of hydrogen-bond donors (Lipinski definition) is 2. The van der Waals surface area contributed by atoms with E-state index >= 15 is 0 Å². The van der Waals surface area contributed by atoms with Gasteiger partial charge in [0.15, 0.2) is 0 Å². The van der Waals surface area contributed by atoms with Gasteiger partial charge < -0.3 is 20.9 Å². The van der Waals surface area contributed by atoms with Crippen LogP contribution in [0.5, 0.6) is 5.75 Å². The first kappa shape index (κ1) is 28.2. The molecule has 1 heterocycles. The second-order valence-electron chi connectivity index (χ2n) is 8.95. The Balaban J connectivity index is 2.03. The highest BCUT2D eigenvalue weighted by Crippen LogP contribution is 2.32. The van der Waals surface area contributed by atoms with Gasteiger partial charge in [0.05, 0.1) is 12.2 Å². The van der Waals surface area contributed by atoms with Crippen molar-refractivity contribution in [3.63, 3.8) is 0 Å². The largest absolute Gasteiger partial charge is 0.573 e. The third-order valence-corrected chi connectivity index (χ3v) is 5.96. The quantitative estimate of drug-likeness (QED) is 0.354. The fourth-order valence-corrected chi connectivity index (χ4v) is 4.36. The van der Waals surface area contributed by atoms with E-state index in [0.717, 1.165) is 5.56 Å². The molecule has 0 fully saturated rings. The van der Waals surface area contributed by atoms with Gasteiger partial charge in [-0.05, 0) is 73.5 Å². The average molecular weight is 516 g/mol. The number of alkyl halides is 3. The molecule has 1 aromatic heterocycles. The van der Waals surface area contributed by atoms with E-state index in [1.165, 1.54) is 28.8 Å². The molecule has 2 aromatic carbocycles. The van der Waals surface area contributed by atoms with E-state index in [4.69, 9.17) is 16.2 Å². The van der Waals surface area contributed by atoms with Crippen molar-refractivity contribution >= 4 is 16.5 Å². The zero-order valence-electron chi connectivity index (χ0n) is 21.1. The summed E-state index contributed by atoms with van der Waals surface area (Å²) in [6, 6.07) is 10.3. The van der Waals surface area contributed by atoms with Crippen LogP contribution >= 0.6 is 0 Å². The summed E-state index contributed by atoms with van der Waals surface area (Å²) >= 11 is 0. The van der Waals surface area contributed by atoms with Crippen LogP contribution in [0.15, 0.2) is 72.2 Å². The lowest BCUT2D eigenvalue weighted by molar-refractivity contribution is -0.274. The molecule has 0 bridgehead atoms. The number of ether oxygens (including phenoxy) is 2. The molecular weight excluding hydrogens is 483 g/mol. The standard InChI is InChI=1S/C28H32F3N3O3/c1-5-7-25(24(33)14-18(3)36-19(4)15-32)34-16-17(2)26-22(8-6-9-23(26)27(34)35)20-10-12-21(13-11-20)37-28(29,30)31/h5-13,16,18-19,24H,1,14-15,32-33H2,2-4H3/b25-7+/t18-,19+,24?/m0/s1. The summed E-state index contributed by atoms with van der Waals surface area (Å²) in [6.07, 6.45) is 0.392. The second-order valence-corrected chi connectivity index (χ2v) is 8.95. The number of benzene rings is 2. The van der Waals surface area contributed by atoms with Crippen molar-refractivity contribution in [1.82, 2.24) is 4.57 Å². The summed E-state index contributed by atoms with van der Waals surface area (Å²) in [7, 11) is 0. The van der Waals surface area contributed by atoms with E-state index in [0.29, 0.717) is 40.6 Å². The van der Waals surface area contributed by atoms with Gasteiger partial charge in [-0.25, -0.2) is 0 Å². The Morgan fingerprint density at radius 1 is 1.14 bits per heavy atom. The highest BCUT2D eigenvalue weighted by molar-refractivity contribution is 5.98. The van der Waals surface area contributed by atoms with E-state index in [1.54, 1.807) is 30.5 Å². The monoisotopic (exact) mass is 515 g/mol. The number of fused-ring (bicyclic) bond motifs is 1. The Hall–Kier alpha value is -3.40. The van der Waals surface area contributed by atoms with Crippen molar-refractivity contribution in [2.45, 2.75) is 51.8 Å². The summed E-state index contributed by atoms with van der Waals surface area (Å²) in [6.45, 7) is 9.82. The molecule has 0 radical (unpaired) electrons. The van der Waals surface area contributed by atoms with Crippen LogP contribution in [0.25, 0.3) is 27.6 Å². The van der Waals surface area contributed by atoms with Crippen LogP contribution in [-0.2, 0) is 4.74 Å². The van der Waals surface area contributed by atoms with Gasteiger partial charge in [-0.1, -0.05) is 36.9 Å². The summed E-state index contributed by atoms with van der Waals surface area (Å²) < 4.78 is 48.9. The van der Waals surface area contributed by atoms with Gasteiger partial charge in [-0.15, -0.1) is 13.2 Å². The van der Waals surface area contributed by atoms with Gasteiger partial charge in [-0.2, -0.15) is 0 Å². The lowest BCUT2D eigenvalue weighted by atomic mass is 9.96. The van der Waals surface area contributed by atoms with Gasteiger partial charge in [0, 0.05) is 29.9 Å². The molecule has 9 heteroatoms. The molecule has 0 amide bonds. The van der Waals surface area contributed by atoms with E-state index in [1.807, 2.05) is 26.8 Å². The number of allylic oxidation sites excluding steroid dienone is 2. The van der Waals surface area contributed by atoms with Crippen molar-refractivity contribution in [3.8, 4) is 16.9 Å². The van der Waals surface area contributed by atoms with Crippen molar-refractivity contribution in [2.24, 2.45) is 11.5 Å². The van der Waals surface area contributed by atoms with E-state index in [2.05, 4.69) is 11.3 Å². The van der Waals surface area contributed by atoms with Gasteiger partial charge in [-0.3, -0.25) is 9.36 Å². The van der Waals surface area contributed by atoms with Gasteiger partial charge in [0.25, 0.3) is 5.56 Å². The lowest BCUT2D eigenvalue weighted by Gasteiger charge is -2.24. The first-order valence-electron chi connectivity index (χ1n) is 11.9. The zero-order chi connectivity index (χ0) is 27.3. The Labute approximate surface area is 214 Å². The molecule has 0 aliphatic carbocycles. The molecule has 3 rings (SSSR count). The summed E-state index contributed by atoms with van der Waals surface area (Å²) in [5.74, 6) is -0.317. The minimum atomic E-state index is -4.77. The Kier molecular flexibility index (Phi) is 8.96. The Morgan fingerprint density at radius 2 is 1.81 bits per heavy atom. The third kappa shape index (κ3) is 6.88. The first-order chi connectivity index (χ1) is 17.4. The normalized spacial score (nSPS) is 14.9. The molecular formula is C28H32F3N3O3. The second kappa shape index (κ2) is 11.8. The maximum atomic E-state index is 13.6. The van der Waals surface area contributed by atoms with Gasteiger partial charge >= 0.3 is 6.36 Å². The average Bonchev–Trinajstić information content (AvgIpc) is 2.83. The van der Waals surface area contributed by atoms with Crippen molar-refractivity contribution in [1.29, 1.82) is 0 Å². The molecule has 6 nitrogen and oxygen atoms in total.